The normalized spacial score (nSPS) is 14.8. The molecule has 0 amide bonds. The van der Waals surface area contributed by atoms with E-state index in [-0.39, 0.29) is 24.0 Å². The molecule has 0 unspecified atom stereocenters. The molecule has 1 aliphatic heterocycles. The van der Waals surface area contributed by atoms with Crippen LogP contribution in [0.5, 0.6) is 5.75 Å². The van der Waals surface area contributed by atoms with E-state index in [1.807, 2.05) is 36.1 Å². The summed E-state index contributed by atoms with van der Waals surface area (Å²) >= 11 is 0. The quantitative estimate of drug-likeness (QED) is 0.411. The molecule has 142 valence electrons. The van der Waals surface area contributed by atoms with Gasteiger partial charge in [0.1, 0.15) is 5.75 Å². The Balaban J connectivity index is 0.00000243. The molecule has 1 aromatic carbocycles. The summed E-state index contributed by atoms with van der Waals surface area (Å²) in [6, 6.07) is 10.2. The van der Waals surface area contributed by atoms with Crippen LogP contribution in [0.4, 0.5) is 5.69 Å². The Morgan fingerprint density at radius 1 is 1.19 bits per heavy atom. The van der Waals surface area contributed by atoms with Gasteiger partial charge in [-0.1, -0.05) is 0 Å². The molecule has 0 spiro atoms. The molecule has 1 N–H and O–H groups in total. The second-order valence-electron chi connectivity index (χ2n) is 5.92. The summed E-state index contributed by atoms with van der Waals surface area (Å²) in [6.45, 7) is 5.50. The van der Waals surface area contributed by atoms with Crippen molar-refractivity contribution in [3.05, 3.63) is 42.7 Å². The highest BCUT2D eigenvalue weighted by Gasteiger charge is 2.19. The van der Waals surface area contributed by atoms with Crippen molar-refractivity contribution < 1.29 is 4.74 Å². The Morgan fingerprint density at radius 3 is 2.50 bits per heavy atom. The van der Waals surface area contributed by atoms with Crippen LogP contribution in [0.1, 0.15) is 0 Å². The fourth-order valence-electron chi connectivity index (χ4n) is 3.02. The van der Waals surface area contributed by atoms with Crippen molar-refractivity contribution in [3.8, 4) is 5.75 Å². The van der Waals surface area contributed by atoms with Crippen LogP contribution >= 0.6 is 24.0 Å². The fraction of sp³-hybridized carbons (Fsp3) is 0.444. The van der Waals surface area contributed by atoms with Crippen LogP contribution in [-0.2, 0) is 6.54 Å². The average Bonchev–Trinajstić information content (AvgIpc) is 3.19. The number of guanidine groups is 1. The van der Waals surface area contributed by atoms with Gasteiger partial charge in [-0.05, 0) is 30.3 Å². The number of methoxy groups -OCH3 is 1. The number of rotatable bonds is 5. The molecule has 0 atom stereocenters. The van der Waals surface area contributed by atoms with Crippen LogP contribution < -0.4 is 15.0 Å². The monoisotopic (exact) mass is 470 g/mol. The van der Waals surface area contributed by atoms with E-state index in [0.29, 0.717) is 0 Å². The van der Waals surface area contributed by atoms with Gasteiger partial charge < -0.3 is 19.9 Å². The molecule has 1 fully saturated rings. The molecule has 26 heavy (non-hydrogen) atoms. The van der Waals surface area contributed by atoms with Gasteiger partial charge in [-0.25, -0.2) is 0 Å². The number of hydrogen-bond acceptors (Lipinski definition) is 4. The molecule has 2 heterocycles. The van der Waals surface area contributed by atoms with Crippen molar-refractivity contribution in [2.24, 2.45) is 4.99 Å². The van der Waals surface area contributed by atoms with Gasteiger partial charge in [0.15, 0.2) is 5.96 Å². The minimum atomic E-state index is 0. The van der Waals surface area contributed by atoms with E-state index in [1.165, 1.54) is 5.69 Å². The van der Waals surface area contributed by atoms with Gasteiger partial charge in [0, 0.05) is 57.9 Å². The Labute approximate surface area is 172 Å². The van der Waals surface area contributed by atoms with Crippen LogP contribution in [0.25, 0.3) is 0 Å². The molecular formula is C18H27IN6O. The Hall–Kier alpha value is -1.97. The van der Waals surface area contributed by atoms with E-state index in [9.17, 15) is 0 Å². The maximum atomic E-state index is 5.23. The molecule has 7 nitrogen and oxygen atoms in total. The first kappa shape index (κ1) is 20.3. The first-order valence-corrected chi connectivity index (χ1v) is 8.62. The largest absolute Gasteiger partial charge is 0.497 e. The van der Waals surface area contributed by atoms with Gasteiger partial charge >= 0.3 is 0 Å². The van der Waals surface area contributed by atoms with Crippen molar-refractivity contribution >= 4 is 35.6 Å². The third-order valence-corrected chi connectivity index (χ3v) is 4.41. The highest BCUT2D eigenvalue weighted by Crippen LogP contribution is 2.20. The van der Waals surface area contributed by atoms with Crippen LogP contribution in [0.15, 0.2) is 47.7 Å². The van der Waals surface area contributed by atoms with Gasteiger partial charge in [-0.3, -0.25) is 9.67 Å². The Morgan fingerprint density at radius 2 is 1.92 bits per heavy atom. The number of ether oxygens (including phenoxy) is 1. The van der Waals surface area contributed by atoms with E-state index in [0.717, 1.165) is 51.0 Å². The van der Waals surface area contributed by atoms with E-state index < -0.39 is 0 Å². The lowest BCUT2D eigenvalue weighted by molar-refractivity contribution is 0.371. The first-order chi connectivity index (χ1) is 12.3. The number of halogens is 1. The summed E-state index contributed by atoms with van der Waals surface area (Å²) in [5.74, 6) is 1.85. The molecule has 2 aromatic rings. The minimum absolute atomic E-state index is 0. The fourth-order valence-corrected chi connectivity index (χ4v) is 3.02. The molecule has 0 bridgehead atoms. The highest BCUT2D eigenvalue weighted by atomic mass is 127. The predicted octanol–water partition coefficient (Wildman–Crippen LogP) is 1.91. The zero-order valence-corrected chi connectivity index (χ0v) is 17.7. The Bertz CT molecular complexity index is 665. The number of anilines is 1. The second-order valence-corrected chi connectivity index (χ2v) is 5.92. The highest BCUT2D eigenvalue weighted by molar-refractivity contribution is 14.0. The number of hydrogen-bond donors (Lipinski definition) is 1. The summed E-state index contributed by atoms with van der Waals surface area (Å²) in [7, 11) is 3.53. The van der Waals surface area contributed by atoms with Gasteiger partial charge in [0.05, 0.1) is 13.7 Å². The maximum absolute atomic E-state index is 5.23. The van der Waals surface area contributed by atoms with E-state index in [2.05, 4.69) is 37.3 Å². The summed E-state index contributed by atoms with van der Waals surface area (Å²) < 4.78 is 7.15. The van der Waals surface area contributed by atoms with Crippen LogP contribution in [0, 0.1) is 0 Å². The van der Waals surface area contributed by atoms with Crippen molar-refractivity contribution in [1.29, 1.82) is 0 Å². The summed E-state index contributed by atoms with van der Waals surface area (Å²) in [6.07, 6.45) is 3.77. The van der Waals surface area contributed by atoms with Crippen LogP contribution in [0.3, 0.4) is 0 Å². The second kappa shape index (κ2) is 10.2. The van der Waals surface area contributed by atoms with E-state index >= 15 is 0 Å². The number of benzene rings is 1. The third kappa shape index (κ3) is 5.26. The first-order valence-electron chi connectivity index (χ1n) is 8.62. The number of nitrogens with one attached hydrogen (secondary N) is 1. The lowest BCUT2D eigenvalue weighted by Crippen LogP contribution is -2.52. The predicted molar refractivity (Wildman–Crippen MR) is 116 cm³/mol. The topological polar surface area (TPSA) is 57.9 Å². The SMILES string of the molecule is CN=C(NCCn1cccn1)N1CCN(c2ccc(OC)cc2)CC1.I. The van der Waals surface area contributed by atoms with E-state index in [4.69, 9.17) is 4.74 Å². The molecule has 8 heteroatoms. The lowest BCUT2D eigenvalue weighted by Gasteiger charge is -2.37. The van der Waals surface area contributed by atoms with Crippen LogP contribution in [-0.4, -0.2) is 67.5 Å². The molecule has 0 saturated carbocycles. The van der Waals surface area contributed by atoms with Crippen molar-refractivity contribution in [2.75, 3.05) is 51.8 Å². The number of aromatic nitrogens is 2. The van der Waals surface area contributed by atoms with Gasteiger partial charge in [0.25, 0.3) is 0 Å². The maximum Gasteiger partial charge on any atom is 0.193 e. The van der Waals surface area contributed by atoms with Crippen molar-refractivity contribution in [1.82, 2.24) is 20.0 Å². The molecule has 1 aromatic heterocycles. The molecule has 1 aliphatic rings. The van der Waals surface area contributed by atoms with E-state index in [1.54, 1.807) is 13.3 Å². The number of piperazine rings is 1. The Kier molecular flexibility index (Phi) is 8.02. The molecule has 3 rings (SSSR count). The van der Waals surface area contributed by atoms with Crippen molar-refractivity contribution in [2.45, 2.75) is 6.54 Å². The third-order valence-electron chi connectivity index (χ3n) is 4.41. The molecule has 1 saturated heterocycles. The molecule has 0 aliphatic carbocycles. The number of nitrogens with zero attached hydrogens (tertiary/aromatic N) is 5. The van der Waals surface area contributed by atoms with Gasteiger partial charge in [0.2, 0.25) is 0 Å². The summed E-state index contributed by atoms with van der Waals surface area (Å²) in [5.41, 5.74) is 1.24. The van der Waals surface area contributed by atoms with Crippen LogP contribution in [0.2, 0.25) is 0 Å². The summed E-state index contributed by atoms with van der Waals surface area (Å²) in [4.78, 5) is 9.12. The number of aliphatic imine (C=N–C) groups is 1. The van der Waals surface area contributed by atoms with Gasteiger partial charge in [-0.2, -0.15) is 5.10 Å². The zero-order valence-electron chi connectivity index (χ0n) is 15.3. The van der Waals surface area contributed by atoms with Crippen molar-refractivity contribution in [3.63, 3.8) is 0 Å². The summed E-state index contributed by atoms with van der Waals surface area (Å²) in [5, 5.41) is 7.64. The standard InChI is InChI=1S/C18H26N6O.HI/c1-19-18(20-9-11-24-10-3-8-21-24)23-14-12-22(13-15-23)16-4-6-17(25-2)7-5-16;/h3-8,10H,9,11-15H2,1-2H3,(H,19,20);1H. The zero-order chi connectivity index (χ0) is 17.5. The molecular weight excluding hydrogens is 443 g/mol. The minimum Gasteiger partial charge on any atom is -0.497 e. The smallest absolute Gasteiger partial charge is 0.193 e. The molecule has 0 radical (unpaired) electrons. The average molecular weight is 470 g/mol. The lowest BCUT2D eigenvalue weighted by atomic mass is 10.2. The van der Waals surface area contributed by atoms with Gasteiger partial charge in [-0.15, -0.1) is 24.0 Å².